The highest BCUT2D eigenvalue weighted by molar-refractivity contribution is 6.42. The molecule has 1 atom stereocenters. The van der Waals surface area contributed by atoms with Gasteiger partial charge in [0.2, 0.25) is 11.8 Å². The maximum Gasteiger partial charge on any atom is 0.242 e. The summed E-state index contributed by atoms with van der Waals surface area (Å²) in [5.74, 6) is 0.429. The molecule has 0 saturated heterocycles. The van der Waals surface area contributed by atoms with Gasteiger partial charge in [0.1, 0.15) is 11.8 Å². The molecule has 2 aromatic carbocycles. The fourth-order valence-electron chi connectivity index (χ4n) is 4.04. The topological polar surface area (TPSA) is 58.6 Å². The van der Waals surface area contributed by atoms with Crippen molar-refractivity contribution in [1.29, 1.82) is 0 Å². The van der Waals surface area contributed by atoms with Crippen LogP contribution in [0.3, 0.4) is 0 Å². The van der Waals surface area contributed by atoms with Crippen molar-refractivity contribution >= 4 is 35.0 Å². The van der Waals surface area contributed by atoms with Crippen LogP contribution in [0.2, 0.25) is 10.0 Å². The summed E-state index contributed by atoms with van der Waals surface area (Å²) in [5.41, 5.74) is 1.64. The fraction of sp³-hybridized carbons (Fsp3) is 0.440. The van der Waals surface area contributed by atoms with Gasteiger partial charge in [-0.25, -0.2) is 0 Å². The van der Waals surface area contributed by atoms with Crippen LogP contribution in [0.5, 0.6) is 5.75 Å². The number of hydrogen-bond acceptors (Lipinski definition) is 3. The molecule has 1 N–H and O–H groups in total. The van der Waals surface area contributed by atoms with Gasteiger partial charge in [-0.3, -0.25) is 9.59 Å². The summed E-state index contributed by atoms with van der Waals surface area (Å²) in [6.45, 7) is 2.09. The minimum absolute atomic E-state index is 0.123. The van der Waals surface area contributed by atoms with E-state index in [-0.39, 0.29) is 24.3 Å². The molecule has 0 aliphatic heterocycles. The Hall–Kier alpha value is -2.24. The van der Waals surface area contributed by atoms with Crippen LogP contribution < -0.4 is 10.1 Å². The molecule has 1 unspecified atom stereocenters. The van der Waals surface area contributed by atoms with Crippen LogP contribution in [-0.2, 0) is 22.6 Å². The van der Waals surface area contributed by atoms with E-state index in [9.17, 15) is 9.59 Å². The molecule has 7 heteroatoms. The molecule has 1 aliphatic carbocycles. The smallest absolute Gasteiger partial charge is 0.242 e. The first-order valence-electron chi connectivity index (χ1n) is 11.0. The molecule has 3 rings (SSSR count). The van der Waals surface area contributed by atoms with E-state index in [0.29, 0.717) is 22.3 Å². The lowest BCUT2D eigenvalue weighted by Gasteiger charge is -2.31. The van der Waals surface area contributed by atoms with Crippen LogP contribution in [0.4, 0.5) is 0 Å². The van der Waals surface area contributed by atoms with E-state index in [2.05, 4.69) is 5.32 Å². The fourth-order valence-corrected chi connectivity index (χ4v) is 4.37. The molecule has 0 heterocycles. The van der Waals surface area contributed by atoms with Crippen molar-refractivity contribution < 1.29 is 14.3 Å². The first-order chi connectivity index (χ1) is 15.4. The van der Waals surface area contributed by atoms with Crippen molar-refractivity contribution in [2.45, 2.75) is 64.1 Å². The quantitative estimate of drug-likeness (QED) is 0.553. The summed E-state index contributed by atoms with van der Waals surface area (Å²) in [6.07, 6.45) is 5.58. The molecule has 0 aromatic heterocycles. The second-order valence-corrected chi connectivity index (χ2v) is 9.13. The number of nitrogens with zero attached hydrogens (tertiary/aromatic N) is 1. The van der Waals surface area contributed by atoms with Crippen molar-refractivity contribution in [2.75, 3.05) is 7.11 Å². The number of benzene rings is 2. The first-order valence-corrected chi connectivity index (χ1v) is 11.8. The second kappa shape index (κ2) is 11.6. The molecule has 32 heavy (non-hydrogen) atoms. The van der Waals surface area contributed by atoms with E-state index in [4.69, 9.17) is 27.9 Å². The Labute approximate surface area is 200 Å². The third-order valence-electron chi connectivity index (χ3n) is 5.95. The zero-order valence-electron chi connectivity index (χ0n) is 18.6. The lowest BCUT2D eigenvalue weighted by atomic mass is 9.95. The van der Waals surface area contributed by atoms with Gasteiger partial charge in [-0.2, -0.15) is 0 Å². The monoisotopic (exact) mass is 476 g/mol. The third-order valence-corrected chi connectivity index (χ3v) is 6.68. The molecule has 0 radical (unpaired) electrons. The molecular weight excluding hydrogens is 447 g/mol. The number of halogens is 2. The lowest BCUT2D eigenvalue weighted by molar-refractivity contribution is -0.140. The number of nitrogens with one attached hydrogen (secondary N) is 1. The van der Waals surface area contributed by atoms with Crippen molar-refractivity contribution in [3.05, 3.63) is 63.6 Å². The van der Waals surface area contributed by atoms with Gasteiger partial charge in [0, 0.05) is 12.6 Å². The van der Waals surface area contributed by atoms with Crippen LogP contribution >= 0.6 is 23.2 Å². The SMILES string of the molecule is COc1cccc(CN(C(=O)Cc2ccc(Cl)c(Cl)c2)C(C)C(=O)NC2CCCCC2)c1. The summed E-state index contributed by atoms with van der Waals surface area (Å²) in [4.78, 5) is 28.0. The van der Waals surface area contributed by atoms with Gasteiger partial charge >= 0.3 is 0 Å². The zero-order valence-corrected chi connectivity index (χ0v) is 20.1. The molecule has 1 fully saturated rings. The summed E-state index contributed by atoms with van der Waals surface area (Å²) in [5, 5.41) is 3.99. The van der Waals surface area contributed by atoms with E-state index < -0.39 is 6.04 Å². The first kappa shape index (κ1) is 24.4. The molecule has 1 aliphatic rings. The minimum Gasteiger partial charge on any atom is -0.497 e. The Morgan fingerprint density at radius 2 is 1.81 bits per heavy atom. The average Bonchev–Trinajstić information content (AvgIpc) is 2.80. The van der Waals surface area contributed by atoms with Gasteiger partial charge in [0.05, 0.1) is 23.6 Å². The van der Waals surface area contributed by atoms with Crippen LogP contribution in [0.25, 0.3) is 0 Å². The Morgan fingerprint density at radius 3 is 2.50 bits per heavy atom. The molecule has 0 spiro atoms. The van der Waals surface area contributed by atoms with Crippen LogP contribution in [0.15, 0.2) is 42.5 Å². The number of ether oxygens (including phenoxy) is 1. The third kappa shape index (κ3) is 6.63. The zero-order chi connectivity index (χ0) is 23.1. The summed E-state index contributed by atoms with van der Waals surface area (Å²) < 4.78 is 5.32. The Bertz CT molecular complexity index is 945. The predicted octanol–water partition coefficient (Wildman–Crippen LogP) is 5.41. The number of amides is 2. The number of hydrogen-bond donors (Lipinski definition) is 1. The number of rotatable bonds is 8. The van der Waals surface area contributed by atoms with Gasteiger partial charge < -0.3 is 15.0 Å². The molecule has 2 aromatic rings. The molecular formula is C25H30Cl2N2O3. The normalized spacial score (nSPS) is 15.1. The van der Waals surface area contributed by atoms with Gasteiger partial charge in [-0.05, 0) is 55.2 Å². The van der Waals surface area contributed by atoms with Gasteiger partial charge in [0.15, 0.2) is 0 Å². The van der Waals surface area contributed by atoms with Gasteiger partial charge in [-0.1, -0.05) is 60.7 Å². The Morgan fingerprint density at radius 1 is 1.06 bits per heavy atom. The Kier molecular flexibility index (Phi) is 8.83. The van der Waals surface area contributed by atoms with Crippen molar-refractivity contribution in [3.63, 3.8) is 0 Å². The maximum atomic E-state index is 13.3. The average molecular weight is 477 g/mol. The summed E-state index contributed by atoms with van der Waals surface area (Å²) in [7, 11) is 1.60. The predicted molar refractivity (Wildman–Crippen MR) is 128 cm³/mol. The molecule has 1 saturated carbocycles. The standard InChI is InChI=1S/C25H30Cl2N2O3/c1-17(25(31)28-20-8-4-3-5-9-20)29(16-19-7-6-10-21(13-19)32-2)24(30)15-18-11-12-22(26)23(27)14-18/h6-7,10-14,17,20H,3-5,8-9,15-16H2,1-2H3,(H,28,31). The highest BCUT2D eigenvalue weighted by Crippen LogP contribution is 2.24. The number of carbonyl (C=O) groups excluding carboxylic acids is 2. The van der Waals surface area contributed by atoms with E-state index in [0.717, 1.165) is 36.8 Å². The van der Waals surface area contributed by atoms with E-state index in [1.165, 1.54) is 6.42 Å². The largest absolute Gasteiger partial charge is 0.497 e. The van der Waals surface area contributed by atoms with E-state index >= 15 is 0 Å². The van der Waals surface area contributed by atoms with E-state index in [1.807, 2.05) is 24.3 Å². The lowest BCUT2D eigenvalue weighted by Crippen LogP contribution is -2.50. The number of carbonyl (C=O) groups is 2. The summed E-state index contributed by atoms with van der Waals surface area (Å²) >= 11 is 12.1. The minimum atomic E-state index is -0.613. The van der Waals surface area contributed by atoms with Gasteiger partial charge in [0.25, 0.3) is 0 Å². The van der Waals surface area contributed by atoms with Crippen LogP contribution in [-0.4, -0.2) is 35.9 Å². The molecule has 2 amide bonds. The number of methoxy groups -OCH3 is 1. The second-order valence-electron chi connectivity index (χ2n) is 8.32. The van der Waals surface area contributed by atoms with Crippen LogP contribution in [0.1, 0.15) is 50.2 Å². The van der Waals surface area contributed by atoms with E-state index in [1.54, 1.807) is 37.1 Å². The molecule has 0 bridgehead atoms. The highest BCUT2D eigenvalue weighted by Gasteiger charge is 2.28. The van der Waals surface area contributed by atoms with Crippen molar-refractivity contribution in [2.24, 2.45) is 0 Å². The van der Waals surface area contributed by atoms with Crippen molar-refractivity contribution in [3.8, 4) is 5.75 Å². The van der Waals surface area contributed by atoms with Crippen LogP contribution in [0, 0.1) is 0 Å². The Balaban J connectivity index is 1.79. The van der Waals surface area contributed by atoms with Crippen molar-refractivity contribution in [1.82, 2.24) is 10.2 Å². The highest BCUT2D eigenvalue weighted by atomic mass is 35.5. The van der Waals surface area contributed by atoms with Gasteiger partial charge in [-0.15, -0.1) is 0 Å². The molecule has 5 nitrogen and oxygen atoms in total. The summed E-state index contributed by atoms with van der Waals surface area (Å²) in [6, 6.07) is 12.3. The molecule has 172 valence electrons. The maximum absolute atomic E-state index is 13.3.